The zero-order valence-corrected chi connectivity index (χ0v) is 31.0. The second-order valence-electron chi connectivity index (χ2n) is 13.0. The molecule has 2 atom stereocenters. The summed E-state index contributed by atoms with van der Waals surface area (Å²) in [7, 11) is -0.381. The smallest absolute Gasteiger partial charge is 0.398 e. The molecule has 48 heavy (non-hydrogen) atoms. The molecule has 3 saturated heterocycles. The third-order valence-electron chi connectivity index (χ3n) is 8.97. The van der Waals surface area contributed by atoms with Gasteiger partial charge in [0.25, 0.3) is 0 Å². The molecule has 7 rings (SSSR count). The van der Waals surface area contributed by atoms with Gasteiger partial charge in [0.15, 0.2) is 6.23 Å². The average Bonchev–Trinajstić information content (AvgIpc) is 3.80. The van der Waals surface area contributed by atoms with Crippen molar-refractivity contribution in [1.82, 2.24) is 19.6 Å². The van der Waals surface area contributed by atoms with Gasteiger partial charge in [-0.25, -0.2) is 9.36 Å². The lowest BCUT2D eigenvalue weighted by Gasteiger charge is -2.32. The number of hydrogen-bond acceptors (Lipinski definition) is 8. The predicted octanol–water partition coefficient (Wildman–Crippen LogP) is 8.05. The van der Waals surface area contributed by atoms with Crippen LogP contribution in [0.2, 0.25) is 10.0 Å². The van der Waals surface area contributed by atoms with E-state index in [0.29, 0.717) is 21.4 Å². The van der Waals surface area contributed by atoms with Gasteiger partial charge >= 0.3 is 7.12 Å². The zero-order valence-electron chi connectivity index (χ0n) is 27.9. The molecule has 2 aromatic heterocycles. The maximum Gasteiger partial charge on any atom is 0.514 e. The highest BCUT2D eigenvalue weighted by molar-refractivity contribution is 9.10. The highest BCUT2D eigenvalue weighted by atomic mass is 79.9. The van der Waals surface area contributed by atoms with Crippen LogP contribution in [0.3, 0.4) is 0 Å². The Morgan fingerprint density at radius 3 is 1.83 bits per heavy atom. The highest BCUT2D eigenvalue weighted by Crippen LogP contribution is 2.37. The van der Waals surface area contributed by atoms with Gasteiger partial charge in [0.05, 0.1) is 43.9 Å². The number of nitrogen functional groups attached to an aromatic ring is 2. The van der Waals surface area contributed by atoms with Crippen molar-refractivity contribution < 1.29 is 18.8 Å². The Labute approximate surface area is 301 Å². The molecule has 4 aromatic rings. The van der Waals surface area contributed by atoms with Crippen LogP contribution in [-0.4, -0.2) is 51.1 Å². The van der Waals surface area contributed by atoms with Crippen LogP contribution in [0.5, 0.6) is 0 Å². The number of hydrogen-bond donors (Lipinski definition) is 2. The van der Waals surface area contributed by atoms with Gasteiger partial charge < -0.3 is 30.2 Å². The Balaban J connectivity index is 0.000000151. The molecule has 2 unspecified atom stereocenters. The van der Waals surface area contributed by atoms with Crippen molar-refractivity contribution in [2.75, 3.05) is 24.7 Å². The molecule has 2 aromatic carbocycles. The van der Waals surface area contributed by atoms with Crippen molar-refractivity contribution in [2.24, 2.45) is 0 Å². The number of ether oxygens (including phenoxy) is 2. The van der Waals surface area contributed by atoms with Gasteiger partial charge in [0, 0.05) is 35.6 Å². The van der Waals surface area contributed by atoms with Crippen LogP contribution in [0.1, 0.15) is 78.7 Å². The fourth-order valence-electron chi connectivity index (χ4n) is 5.54. The zero-order chi connectivity index (χ0) is 34.5. The third kappa shape index (κ3) is 8.77. The van der Waals surface area contributed by atoms with E-state index in [1.165, 1.54) is 12.8 Å². The molecule has 0 aliphatic carbocycles. The van der Waals surface area contributed by atoms with Crippen LogP contribution >= 0.6 is 39.1 Å². The topological polar surface area (TPSA) is 125 Å². The first kappa shape index (κ1) is 36.7. The summed E-state index contributed by atoms with van der Waals surface area (Å²) in [5.41, 5.74) is 14.8. The van der Waals surface area contributed by atoms with E-state index in [1.807, 2.05) is 45.8 Å². The second kappa shape index (κ2) is 16.0. The van der Waals surface area contributed by atoms with Crippen LogP contribution in [0.4, 0.5) is 11.4 Å². The molecule has 5 heterocycles. The fraction of sp³-hybridized carbons (Fsp3) is 0.471. The van der Waals surface area contributed by atoms with Crippen molar-refractivity contribution in [3.8, 4) is 11.3 Å². The summed E-state index contributed by atoms with van der Waals surface area (Å²) in [5, 5.41) is 9.97. The number of benzene rings is 2. The molecule has 3 aliphatic rings. The fourth-order valence-corrected chi connectivity index (χ4v) is 6.15. The van der Waals surface area contributed by atoms with Gasteiger partial charge in [0.1, 0.15) is 6.23 Å². The second-order valence-corrected chi connectivity index (χ2v) is 14.7. The predicted molar refractivity (Wildman–Crippen MR) is 196 cm³/mol. The van der Waals surface area contributed by atoms with Gasteiger partial charge in [-0.05, 0) is 109 Å². The first-order valence-electron chi connectivity index (χ1n) is 16.3. The third-order valence-corrected chi connectivity index (χ3v) is 10.2. The molecule has 4 N–H and O–H groups in total. The van der Waals surface area contributed by atoms with E-state index in [4.69, 9.17) is 53.5 Å². The van der Waals surface area contributed by atoms with Crippen molar-refractivity contribution in [1.29, 1.82) is 0 Å². The first-order chi connectivity index (χ1) is 22.9. The normalized spacial score (nSPS) is 21.5. The van der Waals surface area contributed by atoms with Gasteiger partial charge in [-0.2, -0.15) is 10.2 Å². The highest BCUT2D eigenvalue weighted by Gasteiger charge is 2.53. The average molecular weight is 762 g/mol. The largest absolute Gasteiger partial charge is 0.514 e. The van der Waals surface area contributed by atoms with Gasteiger partial charge in [0.2, 0.25) is 0 Å². The molecule has 14 heteroatoms. The molecule has 0 spiro atoms. The van der Waals surface area contributed by atoms with Crippen molar-refractivity contribution in [2.45, 2.75) is 89.9 Å². The van der Waals surface area contributed by atoms with Crippen molar-refractivity contribution in [3.05, 3.63) is 75.4 Å². The van der Waals surface area contributed by atoms with Gasteiger partial charge in [-0.15, -0.1) is 0 Å². The van der Waals surface area contributed by atoms with E-state index >= 15 is 0 Å². The van der Waals surface area contributed by atoms with Crippen molar-refractivity contribution in [3.63, 3.8) is 0 Å². The molecule has 3 fully saturated rings. The number of anilines is 2. The number of nitrogens with two attached hydrogens (primary N) is 2. The minimum Gasteiger partial charge on any atom is -0.398 e. The summed E-state index contributed by atoms with van der Waals surface area (Å²) in [5.74, 6) is 0. The summed E-state index contributed by atoms with van der Waals surface area (Å²) in [6, 6.07) is 14.9. The lowest BCUT2D eigenvalue weighted by molar-refractivity contribution is -0.0383. The van der Waals surface area contributed by atoms with E-state index in [1.54, 1.807) is 24.5 Å². The summed E-state index contributed by atoms with van der Waals surface area (Å²) in [6.45, 7) is 9.84. The quantitative estimate of drug-likeness (QED) is 0.158. The van der Waals surface area contributed by atoms with E-state index in [-0.39, 0.29) is 30.8 Å². The minimum atomic E-state index is -0.381. The van der Waals surface area contributed by atoms with Crippen LogP contribution in [-0.2, 0) is 18.8 Å². The molecular weight excluding hydrogens is 718 g/mol. The lowest BCUT2D eigenvalue weighted by Crippen LogP contribution is -2.42. The summed E-state index contributed by atoms with van der Waals surface area (Å²) in [6.07, 6.45) is 10.2. The Morgan fingerprint density at radius 2 is 1.29 bits per heavy atom. The maximum atomic E-state index is 6.10. The Hall–Kier alpha value is -2.58. The molecule has 0 radical (unpaired) electrons. The molecule has 0 saturated carbocycles. The van der Waals surface area contributed by atoms with Crippen LogP contribution in [0.15, 0.2) is 65.4 Å². The van der Waals surface area contributed by atoms with Crippen molar-refractivity contribution >= 4 is 63.2 Å². The molecule has 10 nitrogen and oxygen atoms in total. The summed E-state index contributed by atoms with van der Waals surface area (Å²) < 4.78 is 28.6. The molecule has 0 amide bonds. The summed E-state index contributed by atoms with van der Waals surface area (Å²) >= 11 is 14.9. The number of halogens is 3. The lowest BCUT2D eigenvalue weighted by atomic mass is 9.84. The first-order valence-corrected chi connectivity index (χ1v) is 17.8. The van der Waals surface area contributed by atoms with E-state index in [0.717, 1.165) is 60.2 Å². The van der Waals surface area contributed by atoms with Crippen LogP contribution < -0.4 is 17.1 Å². The standard InChI is InChI=1S/C14H23BN2O3.C14H16ClN3O.C6H5BrClN/c1-13(2)14(3,4)20-15(19-13)11-8-9-16-17(11)12-7-5-6-10-18-12;15-11-5-4-10(9-12(11)16)13-6-7-17-18(13)14-3-1-2-8-19-14;7-4-1-2-5(8)6(9)3-4/h8-9,12H,5-7,10H2,1-4H3;4-7,9,14H,1-3,8,16H2;1-3H,9H2. The number of rotatable bonds is 4. The van der Waals surface area contributed by atoms with Gasteiger partial charge in [-0.1, -0.05) is 45.2 Å². The van der Waals surface area contributed by atoms with E-state index in [9.17, 15) is 0 Å². The van der Waals surface area contributed by atoms with Crippen LogP contribution in [0.25, 0.3) is 11.3 Å². The Morgan fingerprint density at radius 1 is 0.750 bits per heavy atom. The monoisotopic (exact) mass is 760 g/mol. The Bertz CT molecular complexity index is 1640. The van der Waals surface area contributed by atoms with E-state index < -0.39 is 0 Å². The molecule has 3 aliphatic heterocycles. The Kier molecular flexibility index (Phi) is 12.2. The number of nitrogens with zero attached hydrogens (tertiary/aromatic N) is 4. The number of aromatic nitrogens is 4. The van der Waals surface area contributed by atoms with Crippen LogP contribution in [0, 0.1) is 0 Å². The van der Waals surface area contributed by atoms with E-state index in [2.05, 4.69) is 53.8 Å². The van der Waals surface area contributed by atoms with Gasteiger partial charge in [-0.3, -0.25) is 0 Å². The molecular formula is C34H44BBrCl2N6O4. The summed E-state index contributed by atoms with van der Waals surface area (Å²) in [4.78, 5) is 0. The molecule has 0 bridgehead atoms. The molecule has 258 valence electrons. The SMILES string of the molecule is CC1(C)OB(c2ccnn2C2CCCCO2)OC1(C)C.Nc1cc(-c2ccnn2C2CCCCO2)ccc1Cl.Nc1cc(Br)ccc1Cl. The maximum absolute atomic E-state index is 6.10. The minimum absolute atomic E-state index is 0.00720.